The molecule has 4 heteroatoms. The van der Waals surface area contributed by atoms with E-state index in [1.807, 2.05) is 0 Å². The quantitative estimate of drug-likeness (QED) is 0.0789. The Morgan fingerprint density at radius 3 is 1.00 bits per heavy atom. The summed E-state index contributed by atoms with van der Waals surface area (Å²) < 4.78 is 0. The van der Waals surface area contributed by atoms with Gasteiger partial charge in [-0.25, -0.2) is 0 Å². The zero-order valence-corrected chi connectivity index (χ0v) is 29.3. The molecule has 0 aliphatic carbocycles. The van der Waals surface area contributed by atoms with Gasteiger partial charge < -0.3 is 6.53 Å². The smallest absolute Gasteiger partial charge is 1.00 e. The van der Waals surface area contributed by atoms with Crippen LogP contribution >= 0.6 is 0 Å². The SMILES string of the molecule is CCCCCCCCC(=O)CCCCCCCC.CCCCCCCCC(O)CCCCCCCC.[B].[H-].[Na+]. The summed E-state index contributed by atoms with van der Waals surface area (Å²) in [7, 11) is 0. The normalized spacial score (nSPS) is 10.5. The molecule has 0 heterocycles. The minimum Gasteiger partial charge on any atom is -1.00 e. The van der Waals surface area contributed by atoms with Gasteiger partial charge in [-0.15, -0.1) is 0 Å². The van der Waals surface area contributed by atoms with E-state index in [1.54, 1.807) is 0 Å². The molecule has 0 saturated heterocycles. The predicted octanol–water partition coefficient (Wildman–Crippen LogP) is 8.64. The summed E-state index contributed by atoms with van der Waals surface area (Å²) in [5, 5.41) is 9.85. The Bertz CT molecular complexity index is 379. The van der Waals surface area contributed by atoms with Crippen LogP contribution in [0.5, 0.6) is 0 Å². The summed E-state index contributed by atoms with van der Waals surface area (Å²) in [4.78, 5) is 11.6. The fourth-order valence-corrected chi connectivity index (χ4v) is 4.79. The van der Waals surface area contributed by atoms with Crippen molar-refractivity contribution >= 4 is 14.2 Å². The van der Waals surface area contributed by atoms with Gasteiger partial charge in [0.05, 0.1) is 6.10 Å². The van der Waals surface area contributed by atoms with Crippen LogP contribution in [0.4, 0.5) is 0 Å². The number of hydrogen-bond donors (Lipinski definition) is 1. The maximum atomic E-state index is 11.6. The van der Waals surface area contributed by atoms with Gasteiger partial charge in [0.1, 0.15) is 5.78 Å². The Balaban J connectivity index is -0.000000183. The van der Waals surface area contributed by atoms with Crippen molar-refractivity contribution in [2.75, 3.05) is 0 Å². The molecule has 0 aliphatic rings. The standard InChI is InChI=1S/C17H36O.C17H34O.B.Na.H/c2*1-3-5-7-9-11-13-15-17(18)16-14-12-10-8-6-4-2;;;/h17-18H,3-16H2,1-2H3;3-16H2,1-2H3;;;/q;;;+1;-1. The molecule has 38 heavy (non-hydrogen) atoms. The number of ketones is 1. The fraction of sp³-hybridized carbons (Fsp3) is 0.971. The van der Waals surface area contributed by atoms with Crippen molar-refractivity contribution in [2.24, 2.45) is 0 Å². The van der Waals surface area contributed by atoms with Crippen molar-refractivity contribution in [1.82, 2.24) is 0 Å². The largest absolute Gasteiger partial charge is 1.00 e. The molecule has 0 rings (SSSR count). The molecule has 0 fully saturated rings. The van der Waals surface area contributed by atoms with E-state index in [0.29, 0.717) is 5.78 Å². The van der Waals surface area contributed by atoms with E-state index in [1.165, 1.54) is 141 Å². The molecule has 0 aliphatic heterocycles. The van der Waals surface area contributed by atoms with Gasteiger partial charge in [-0.2, -0.15) is 0 Å². The molecule has 0 atom stereocenters. The topological polar surface area (TPSA) is 37.3 Å². The third-order valence-electron chi connectivity index (χ3n) is 7.40. The molecule has 0 aromatic carbocycles. The summed E-state index contributed by atoms with van der Waals surface area (Å²) in [6.07, 6.45) is 35.0. The first-order valence-electron chi connectivity index (χ1n) is 16.8. The van der Waals surface area contributed by atoms with Crippen LogP contribution in [0.25, 0.3) is 0 Å². The molecule has 0 aromatic heterocycles. The molecule has 0 amide bonds. The van der Waals surface area contributed by atoms with Crippen molar-refractivity contribution < 1.29 is 40.9 Å². The molecule has 0 aromatic rings. The van der Waals surface area contributed by atoms with Crippen LogP contribution in [0.15, 0.2) is 0 Å². The van der Waals surface area contributed by atoms with Gasteiger partial charge in [0.2, 0.25) is 0 Å². The molecule has 3 radical (unpaired) electrons. The molecule has 0 spiro atoms. The molecular weight excluding hydrogens is 474 g/mol. The monoisotopic (exact) mass is 546 g/mol. The Kier molecular flexibility index (Phi) is 50.7. The first-order valence-corrected chi connectivity index (χ1v) is 16.8. The van der Waals surface area contributed by atoms with Crippen LogP contribution < -0.4 is 29.6 Å². The third kappa shape index (κ3) is 43.7. The Morgan fingerprint density at radius 2 is 0.711 bits per heavy atom. The van der Waals surface area contributed by atoms with Crippen LogP contribution in [-0.2, 0) is 4.79 Å². The maximum Gasteiger partial charge on any atom is 1.00 e. The van der Waals surface area contributed by atoms with Crippen LogP contribution in [0.2, 0.25) is 0 Å². The number of aliphatic hydroxyl groups is 1. The van der Waals surface area contributed by atoms with Gasteiger partial charge in [-0.3, -0.25) is 4.79 Å². The van der Waals surface area contributed by atoms with Crippen molar-refractivity contribution in [1.29, 1.82) is 0 Å². The van der Waals surface area contributed by atoms with E-state index >= 15 is 0 Å². The Labute approximate surface area is 267 Å². The number of rotatable bonds is 28. The predicted molar refractivity (Wildman–Crippen MR) is 170 cm³/mol. The molecule has 0 unspecified atom stereocenters. The first-order chi connectivity index (χ1) is 17.6. The van der Waals surface area contributed by atoms with Crippen molar-refractivity contribution in [3.05, 3.63) is 0 Å². The Hall–Kier alpha value is 0.695. The zero-order valence-electron chi connectivity index (χ0n) is 28.3. The van der Waals surface area contributed by atoms with Gasteiger partial charge in [-0.05, 0) is 25.7 Å². The van der Waals surface area contributed by atoms with Crippen molar-refractivity contribution in [2.45, 2.75) is 214 Å². The molecule has 223 valence electrons. The van der Waals surface area contributed by atoms with Gasteiger partial charge in [0.15, 0.2) is 0 Å². The summed E-state index contributed by atoms with van der Waals surface area (Å²) in [6.45, 7) is 8.99. The molecular formula is C34H71BNaO2. The van der Waals surface area contributed by atoms with E-state index in [0.717, 1.165) is 38.5 Å². The third-order valence-corrected chi connectivity index (χ3v) is 7.40. The van der Waals surface area contributed by atoms with E-state index in [-0.39, 0.29) is 45.5 Å². The van der Waals surface area contributed by atoms with E-state index < -0.39 is 0 Å². The van der Waals surface area contributed by atoms with E-state index in [2.05, 4.69) is 27.7 Å². The van der Waals surface area contributed by atoms with E-state index in [4.69, 9.17) is 0 Å². The number of aliphatic hydroxyl groups excluding tert-OH is 1. The summed E-state index contributed by atoms with van der Waals surface area (Å²) >= 11 is 0. The summed E-state index contributed by atoms with van der Waals surface area (Å²) in [6, 6.07) is 0. The molecule has 0 saturated carbocycles. The summed E-state index contributed by atoms with van der Waals surface area (Å²) in [5.41, 5.74) is 0. The van der Waals surface area contributed by atoms with E-state index in [9.17, 15) is 9.90 Å². The Morgan fingerprint density at radius 1 is 0.474 bits per heavy atom. The first kappa shape index (κ1) is 45.7. The van der Waals surface area contributed by atoms with Crippen molar-refractivity contribution in [3.63, 3.8) is 0 Å². The van der Waals surface area contributed by atoms with Crippen LogP contribution in [0.1, 0.15) is 209 Å². The zero-order chi connectivity index (χ0) is 27.0. The number of carbonyl (C=O) groups excluding carboxylic acids is 1. The van der Waals surface area contributed by atoms with Crippen LogP contribution in [0, 0.1) is 0 Å². The van der Waals surface area contributed by atoms with Crippen LogP contribution in [-0.4, -0.2) is 25.4 Å². The number of Topliss-reactive ketones (excluding diaryl/α,β-unsaturated/α-hetero) is 1. The molecule has 1 N–H and O–H groups in total. The second-order valence-electron chi connectivity index (χ2n) is 11.3. The van der Waals surface area contributed by atoms with Crippen LogP contribution in [0.3, 0.4) is 0 Å². The van der Waals surface area contributed by atoms with Crippen molar-refractivity contribution in [3.8, 4) is 0 Å². The fourth-order valence-electron chi connectivity index (χ4n) is 4.79. The molecule has 2 nitrogen and oxygen atoms in total. The number of hydrogen-bond acceptors (Lipinski definition) is 2. The van der Waals surface area contributed by atoms with Gasteiger partial charge in [0, 0.05) is 21.3 Å². The number of unbranched alkanes of at least 4 members (excludes halogenated alkanes) is 20. The molecule has 0 bridgehead atoms. The van der Waals surface area contributed by atoms with Gasteiger partial charge in [0.25, 0.3) is 0 Å². The maximum absolute atomic E-state index is 11.6. The second kappa shape index (κ2) is 42.2. The van der Waals surface area contributed by atoms with Gasteiger partial charge in [-0.1, -0.05) is 169 Å². The average Bonchev–Trinajstić information content (AvgIpc) is 2.88. The second-order valence-corrected chi connectivity index (χ2v) is 11.3. The minimum atomic E-state index is -0.0256. The van der Waals surface area contributed by atoms with Gasteiger partial charge >= 0.3 is 29.6 Å². The number of carbonyl (C=O) groups is 1. The summed E-state index contributed by atoms with van der Waals surface area (Å²) in [5.74, 6) is 0.501. The average molecular weight is 546 g/mol. The minimum absolute atomic E-state index is 0.